The lowest BCUT2D eigenvalue weighted by atomic mass is 9.93. The van der Waals surface area contributed by atoms with Crippen LogP contribution in [0.5, 0.6) is 5.75 Å². The van der Waals surface area contributed by atoms with Crippen molar-refractivity contribution >= 4 is 5.78 Å². The van der Waals surface area contributed by atoms with Crippen molar-refractivity contribution < 1.29 is 9.53 Å². The molecule has 3 heteroatoms. The van der Waals surface area contributed by atoms with Crippen molar-refractivity contribution in [3.8, 4) is 5.75 Å². The van der Waals surface area contributed by atoms with Gasteiger partial charge in [-0.25, -0.2) is 0 Å². The third-order valence-corrected chi connectivity index (χ3v) is 3.76. The van der Waals surface area contributed by atoms with Gasteiger partial charge in [0.25, 0.3) is 0 Å². The predicted molar refractivity (Wildman–Crippen MR) is 77.1 cm³/mol. The van der Waals surface area contributed by atoms with Gasteiger partial charge in [0.1, 0.15) is 5.75 Å². The average Bonchev–Trinajstić information content (AvgIpc) is 2.46. The number of methoxy groups -OCH3 is 1. The lowest BCUT2D eigenvalue weighted by molar-refractivity contribution is 0.0927. The number of nitrogens with one attached hydrogen (secondary N) is 1. The molecule has 0 saturated carbocycles. The van der Waals surface area contributed by atoms with E-state index in [1.165, 1.54) is 6.42 Å². The van der Waals surface area contributed by atoms with Crippen molar-refractivity contribution in [2.45, 2.75) is 45.1 Å². The first-order chi connectivity index (χ1) is 9.13. The molecule has 0 bridgehead atoms. The van der Waals surface area contributed by atoms with Gasteiger partial charge in [0, 0.05) is 5.56 Å². The Morgan fingerprint density at radius 1 is 1.37 bits per heavy atom. The third-order valence-electron chi connectivity index (χ3n) is 3.76. The molecule has 0 radical (unpaired) electrons. The monoisotopic (exact) mass is 261 g/mol. The lowest BCUT2D eigenvalue weighted by Gasteiger charge is -2.23. The third kappa shape index (κ3) is 3.16. The van der Waals surface area contributed by atoms with Crippen molar-refractivity contribution in [2.24, 2.45) is 0 Å². The van der Waals surface area contributed by atoms with Crippen LogP contribution in [0, 0.1) is 0 Å². The number of Topliss-reactive ketones (excluding diaryl/α,β-unsaturated/α-hetero) is 1. The molecule has 1 aliphatic heterocycles. The van der Waals surface area contributed by atoms with Crippen LogP contribution >= 0.6 is 0 Å². The van der Waals surface area contributed by atoms with Crippen LogP contribution in [0.1, 0.15) is 54.9 Å². The highest BCUT2D eigenvalue weighted by molar-refractivity contribution is 6.00. The molecule has 0 aromatic heterocycles. The molecule has 1 aromatic carbocycles. The minimum atomic E-state index is -0.0119. The molecule has 1 aromatic rings. The van der Waals surface area contributed by atoms with Crippen LogP contribution in [-0.4, -0.2) is 25.5 Å². The van der Waals surface area contributed by atoms with E-state index in [0.29, 0.717) is 5.92 Å². The first-order valence-electron chi connectivity index (χ1n) is 7.09. The first kappa shape index (κ1) is 14.1. The molecule has 1 N–H and O–H groups in total. The number of hydrogen-bond donors (Lipinski definition) is 1. The number of ether oxygens (including phenoxy) is 1. The van der Waals surface area contributed by atoms with Gasteiger partial charge >= 0.3 is 0 Å². The molecule has 19 heavy (non-hydrogen) atoms. The van der Waals surface area contributed by atoms with Crippen molar-refractivity contribution in [3.05, 3.63) is 29.3 Å². The van der Waals surface area contributed by atoms with Crippen molar-refractivity contribution in [1.29, 1.82) is 0 Å². The molecular formula is C16H23NO2. The minimum absolute atomic E-state index is 0.0119. The smallest absolute Gasteiger partial charge is 0.179 e. The maximum absolute atomic E-state index is 12.5. The van der Waals surface area contributed by atoms with Crippen LogP contribution in [0.3, 0.4) is 0 Å². The van der Waals surface area contributed by atoms with E-state index in [1.807, 2.05) is 18.2 Å². The number of carbonyl (C=O) groups excluding carboxylic acids is 1. The molecule has 0 amide bonds. The van der Waals surface area contributed by atoms with E-state index in [2.05, 4.69) is 19.2 Å². The van der Waals surface area contributed by atoms with Gasteiger partial charge in [0.15, 0.2) is 5.78 Å². The van der Waals surface area contributed by atoms with Crippen LogP contribution < -0.4 is 10.1 Å². The summed E-state index contributed by atoms with van der Waals surface area (Å²) >= 11 is 0. The van der Waals surface area contributed by atoms with Gasteiger partial charge in [-0.15, -0.1) is 0 Å². The summed E-state index contributed by atoms with van der Waals surface area (Å²) in [5, 5.41) is 3.31. The van der Waals surface area contributed by atoms with Crippen LogP contribution in [-0.2, 0) is 0 Å². The summed E-state index contributed by atoms with van der Waals surface area (Å²) in [6.07, 6.45) is 3.25. The van der Waals surface area contributed by atoms with Crippen LogP contribution in [0.15, 0.2) is 18.2 Å². The molecule has 1 atom stereocenters. The summed E-state index contributed by atoms with van der Waals surface area (Å²) in [5.74, 6) is 1.43. The maximum atomic E-state index is 12.5. The van der Waals surface area contributed by atoms with Gasteiger partial charge < -0.3 is 10.1 Å². The fraction of sp³-hybridized carbons (Fsp3) is 0.562. The number of hydrogen-bond acceptors (Lipinski definition) is 3. The zero-order valence-electron chi connectivity index (χ0n) is 12.0. The zero-order chi connectivity index (χ0) is 13.8. The Hall–Kier alpha value is -1.35. The van der Waals surface area contributed by atoms with E-state index in [0.717, 1.165) is 36.3 Å². The normalized spacial score (nSPS) is 19.5. The van der Waals surface area contributed by atoms with Crippen LogP contribution in [0.25, 0.3) is 0 Å². The Kier molecular flexibility index (Phi) is 4.59. The topological polar surface area (TPSA) is 38.3 Å². The summed E-state index contributed by atoms with van der Waals surface area (Å²) < 4.78 is 5.36. The predicted octanol–water partition coefficient (Wildman–Crippen LogP) is 3.14. The van der Waals surface area contributed by atoms with Gasteiger partial charge in [-0.1, -0.05) is 20.3 Å². The van der Waals surface area contributed by atoms with Crippen molar-refractivity contribution in [2.75, 3.05) is 13.7 Å². The standard InChI is InChI=1S/C16H23NO2/c1-11(2)13-10-12(7-8-15(13)19-3)16(18)14-6-4-5-9-17-14/h7-8,10-11,14,17H,4-6,9H2,1-3H3. The average molecular weight is 261 g/mol. The first-order valence-corrected chi connectivity index (χ1v) is 7.09. The second-order valence-electron chi connectivity index (χ2n) is 5.48. The molecule has 1 aliphatic rings. The van der Waals surface area contributed by atoms with E-state index >= 15 is 0 Å². The van der Waals surface area contributed by atoms with Gasteiger partial charge in [0.05, 0.1) is 13.2 Å². The number of ketones is 1. The summed E-state index contributed by atoms with van der Waals surface area (Å²) in [4.78, 5) is 12.5. The number of rotatable bonds is 4. The molecule has 0 aliphatic carbocycles. The van der Waals surface area contributed by atoms with Crippen LogP contribution in [0.4, 0.5) is 0 Å². The highest BCUT2D eigenvalue weighted by Gasteiger charge is 2.22. The molecule has 0 spiro atoms. The fourth-order valence-corrected chi connectivity index (χ4v) is 2.62. The molecule has 1 fully saturated rings. The number of carbonyl (C=O) groups is 1. The van der Waals surface area contributed by atoms with Crippen molar-refractivity contribution in [3.63, 3.8) is 0 Å². The maximum Gasteiger partial charge on any atom is 0.179 e. The van der Waals surface area contributed by atoms with E-state index in [4.69, 9.17) is 4.74 Å². The van der Waals surface area contributed by atoms with Gasteiger partial charge in [-0.05, 0) is 49.1 Å². The molecule has 1 saturated heterocycles. The molecule has 2 rings (SSSR count). The fourth-order valence-electron chi connectivity index (χ4n) is 2.62. The second kappa shape index (κ2) is 6.20. The Morgan fingerprint density at radius 3 is 2.74 bits per heavy atom. The largest absolute Gasteiger partial charge is 0.496 e. The quantitative estimate of drug-likeness (QED) is 0.846. The molecule has 3 nitrogen and oxygen atoms in total. The summed E-state index contributed by atoms with van der Waals surface area (Å²) in [6.45, 7) is 5.18. The molecule has 1 unspecified atom stereocenters. The molecule has 1 heterocycles. The summed E-state index contributed by atoms with van der Waals surface area (Å²) in [5.41, 5.74) is 1.90. The highest BCUT2D eigenvalue weighted by atomic mass is 16.5. The highest BCUT2D eigenvalue weighted by Crippen LogP contribution is 2.28. The minimum Gasteiger partial charge on any atom is -0.496 e. The Morgan fingerprint density at radius 2 is 2.16 bits per heavy atom. The summed E-state index contributed by atoms with van der Waals surface area (Å²) in [7, 11) is 1.67. The molecule has 104 valence electrons. The van der Waals surface area contributed by atoms with Gasteiger partial charge in [0.2, 0.25) is 0 Å². The van der Waals surface area contributed by atoms with Crippen molar-refractivity contribution in [1.82, 2.24) is 5.32 Å². The van der Waals surface area contributed by atoms with E-state index < -0.39 is 0 Å². The van der Waals surface area contributed by atoms with Crippen LogP contribution in [0.2, 0.25) is 0 Å². The summed E-state index contributed by atoms with van der Waals surface area (Å²) in [6, 6.07) is 5.76. The SMILES string of the molecule is COc1ccc(C(=O)C2CCCCN2)cc1C(C)C. The van der Waals surface area contributed by atoms with E-state index in [-0.39, 0.29) is 11.8 Å². The van der Waals surface area contributed by atoms with Gasteiger partial charge in [-0.2, -0.15) is 0 Å². The van der Waals surface area contributed by atoms with Gasteiger partial charge in [-0.3, -0.25) is 4.79 Å². The lowest BCUT2D eigenvalue weighted by Crippen LogP contribution is -2.40. The number of benzene rings is 1. The van der Waals surface area contributed by atoms with E-state index in [1.54, 1.807) is 7.11 Å². The number of piperidine rings is 1. The Bertz CT molecular complexity index is 448. The Labute approximate surface area is 115 Å². The molecular weight excluding hydrogens is 238 g/mol. The van der Waals surface area contributed by atoms with E-state index in [9.17, 15) is 4.79 Å². The second-order valence-corrected chi connectivity index (χ2v) is 5.48. The zero-order valence-corrected chi connectivity index (χ0v) is 12.0. The Balaban J connectivity index is 2.24.